The Labute approximate surface area is 104 Å². The van der Waals surface area contributed by atoms with E-state index in [4.69, 9.17) is 11.6 Å². The monoisotopic (exact) mass is 251 g/mol. The second kappa shape index (κ2) is 5.10. The Kier molecular flexibility index (Phi) is 3.54. The molecule has 2 aromatic rings. The molecule has 0 aliphatic carbocycles. The molecule has 3 nitrogen and oxygen atoms in total. The van der Waals surface area contributed by atoms with Crippen molar-refractivity contribution in [3.63, 3.8) is 0 Å². The van der Waals surface area contributed by atoms with E-state index in [-0.39, 0.29) is 16.9 Å². The lowest BCUT2D eigenvalue weighted by Gasteiger charge is -2.15. The van der Waals surface area contributed by atoms with E-state index in [0.717, 1.165) is 5.56 Å². The van der Waals surface area contributed by atoms with E-state index in [1.165, 1.54) is 12.3 Å². The van der Waals surface area contributed by atoms with E-state index < -0.39 is 5.82 Å². The molecule has 0 aliphatic heterocycles. The molecule has 1 unspecified atom stereocenters. The molecule has 0 aromatic carbocycles. The highest BCUT2D eigenvalue weighted by Crippen LogP contribution is 2.21. The van der Waals surface area contributed by atoms with Crippen molar-refractivity contribution in [1.29, 1.82) is 0 Å². The molecule has 2 aromatic heterocycles. The summed E-state index contributed by atoms with van der Waals surface area (Å²) in [6.07, 6.45) is 4.80. The average Bonchev–Trinajstić information content (AvgIpc) is 2.34. The highest BCUT2D eigenvalue weighted by molar-refractivity contribution is 6.30. The fraction of sp³-hybridized carbons (Fsp3) is 0.167. The Balaban J connectivity index is 2.16. The number of anilines is 1. The summed E-state index contributed by atoms with van der Waals surface area (Å²) < 4.78 is 13.5. The van der Waals surface area contributed by atoms with Gasteiger partial charge in [-0.3, -0.25) is 4.98 Å². The maximum absolute atomic E-state index is 13.5. The third-order valence-corrected chi connectivity index (χ3v) is 2.57. The molecule has 2 heterocycles. The van der Waals surface area contributed by atoms with Gasteiger partial charge in [0.05, 0.1) is 11.1 Å². The van der Waals surface area contributed by atoms with Crippen molar-refractivity contribution >= 4 is 17.4 Å². The molecular formula is C12H11ClFN3. The lowest BCUT2D eigenvalue weighted by Crippen LogP contribution is -2.09. The number of pyridine rings is 2. The summed E-state index contributed by atoms with van der Waals surface area (Å²) in [5.41, 5.74) is 1.01. The van der Waals surface area contributed by atoms with Gasteiger partial charge < -0.3 is 5.32 Å². The predicted molar refractivity (Wildman–Crippen MR) is 65.5 cm³/mol. The fourth-order valence-corrected chi connectivity index (χ4v) is 1.61. The molecule has 1 N–H and O–H groups in total. The Bertz CT molecular complexity index is 504. The smallest absolute Gasteiger partial charge is 0.166 e. The minimum atomic E-state index is -0.460. The first-order chi connectivity index (χ1) is 8.16. The van der Waals surface area contributed by atoms with Crippen LogP contribution in [0, 0.1) is 5.82 Å². The van der Waals surface area contributed by atoms with E-state index in [0.29, 0.717) is 0 Å². The van der Waals surface area contributed by atoms with Crippen LogP contribution in [0.25, 0.3) is 0 Å². The summed E-state index contributed by atoms with van der Waals surface area (Å²) in [5, 5.41) is 3.26. The maximum Gasteiger partial charge on any atom is 0.166 e. The van der Waals surface area contributed by atoms with Crippen LogP contribution in [0.15, 0.2) is 36.8 Å². The van der Waals surface area contributed by atoms with Crippen molar-refractivity contribution in [2.75, 3.05) is 5.32 Å². The van der Waals surface area contributed by atoms with Gasteiger partial charge in [0.25, 0.3) is 0 Å². The Morgan fingerprint density at radius 2 is 2.06 bits per heavy atom. The van der Waals surface area contributed by atoms with Crippen LogP contribution in [0.5, 0.6) is 0 Å². The van der Waals surface area contributed by atoms with Gasteiger partial charge in [-0.15, -0.1) is 0 Å². The quantitative estimate of drug-likeness (QED) is 0.908. The van der Waals surface area contributed by atoms with Crippen molar-refractivity contribution in [2.24, 2.45) is 0 Å². The van der Waals surface area contributed by atoms with Crippen LogP contribution in [0.3, 0.4) is 0 Å². The number of hydrogen-bond donors (Lipinski definition) is 1. The maximum atomic E-state index is 13.5. The van der Waals surface area contributed by atoms with Crippen molar-refractivity contribution < 1.29 is 4.39 Å². The summed E-state index contributed by atoms with van der Waals surface area (Å²) in [6, 6.07) is 4.91. The third-order valence-electron chi connectivity index (χ3n) is 2.37. The molecule has 5 heteroatoms. The largest absolute Gasteiger partial charge is 0.361 e. The van der Waals surface area contributed by atoms with E-state index in [2.05, 4.69) is 15.3 Å². The summed E-state index contributed by atoms with van der Waals surface area (Å²) in [4.78, 5) is 7.84. The van der Waals surface area contributed by atoms with Crippen molar-refractivity contribution in [1.82, 2.24) is 9.97 Å². The van der Waals surface area contributed by atoms with Gasteiger partial charge in [-0.05, 0) is 30.7 Å². The summed E-state index contributed by atoms with van der Waals surface area (Å²) >= 11 is 5.63. The Hall–Kier alpha value is -1.68. The first-order valence-corrected chi connectivity index (χ1v) is 5.52. The number of hydrogen-bond acceptors (Lipinski definition) is 3. The third kappa shape index (κ3) is 2.91. The molecule has 0 radical (unpaired) electrons. The van der Waals surface area contributed by atoms with Crippen LogP contribution in [-0.2, 0) is 0 Å². The van der Waals surface area contributed by atoms with Crippen LogP contribution >= 0.6 is 11.6 Å². The highest BCUT2D eigenvalue weighted by Gasteiger charge is 2.09. The van der Waals surface area contributed by atoms with Gasteiger partial charge in [0.2, 0.25) is 0 Å². The highest BCUT2D eigenvalue weighted by atomic mass is 35.5. The first kappa shape index (κ1) is 11.8. The van der Waals surface area contributed by atoms with E-state index in [1.54, 1.807) is 12.4 Å². The lowest BCUT2D eigenvalue weighted by atomic mass is 10.1. The normalized spacial score (nSPS) is 12.2. The molecule has 0 aliphatic rings. The van der Waals surface area contributed by atoms with Crippen LogP contribution in [0.2, 0.25) is 5.02 Å². The Morgan fingerprint density at radius 1 is 1.35 bits per heavy atom. The second-order valence-corrected chi connectivity index (χ2v) is 4.07. The lowest BCUT2D eigenvalue weighted by molar-refractivity contribution is 0.621. The SMILES string of the molecule is CC(Nc1ncc(Cl)cc1F)c1ccncc1. The molecule has 0 amide bonds. The van der Waals surface area contributed by atoms with Crippen LogP contribution < -0.4 is 5.32 Å². The van der Waals surface area contributed by atoms with Gasteiger partial charge in [0.1, 0.15) is 0 Å². The molecule has 88 valence electrons. The molecule has 17 heavy (non-hydrogen) atoms. The topological polar surface area (TPSA) is 37.8 Å². The molecule has 0 spiro atoms. The molecule has 2 rings (SSSR count). The van der Waals surface area contributed by atoms with Crippen molar-refractivity contribution in [3.05, 3.63) is 53.2 Å². The van der Waals surface area contributed by atoms with Crippen LogP contribution in [0.4, 0.5) is 10.2 Å². The molecule has 0 bridgehead atoms. The minimum absolute atomic E-state index is 0.0545. The standard InChI is InChI=1S/C12H11ClFN3/c1-8(9-2-4-15-5-3-9)17-12-11(14)6-10(13)7-16-12/h2-8H,1H3,(H,16,17). The molecular weight excluding hydrogens is 241 g/mol. The summed E-state index contributed by atoms with van der Waals surface area (Å²) in [7, 11) is 0. The van der Waals surface area contributed by atoms with Crippen molar-refractivity contribution in [2.45, 2.75) is 13.0 Å². The van der Waals surface area contributed by atoms with E-state index >= 15 is 0 Å². The zero-order valence-electron chi connectivity index (χ0n) is 9.19. The first-order valence-electron chi connectivity index (χ1n) is 5.14. The van der Waals surface area contributed by atoms with Gasteiger partial charge in [-0.25, -0.2) is 9.37 Å². The second-order valence-electron chi connectivity index (χ2n) is 3.63. The molecule has 0 saturated carbocycles. The van der Waals surface area contributed by atoms with Crippen LogP contribution in [-0.4, -0.2) is 9.97 Å². The Morgan fingerprint density at radius 3 is 2.71 bits per heavy atom. The van der Waals surface area contributed by atoms with E-state index in [1.807, 2.05) is 19.1 Å². The van der Waals surface area contributed by atoms with Gasteiger partial charge >= 0.3 is 0 Å². The van der Waals surface area contributed by atoms with E-state index in [9.17, 15) is 4.39 Å². The average molecular weight is 252 g/mol. The van der Waals surface area contributed by atoms with Gasteiger partial charge in [-0.1, -0.05) is 11.6 Å². The van der Waals surface area contributed by atoms with Crippen LogP contribution in [0.1, 0.15) is 18.5 Å². The number of nitrogens with one attached hydrogen (secondary N) is 1. The minimum Gasteiger partial charge on any atom is -0.361 e. The molecule has 0 saturated heterocycles. The molecule has 1 atom stereocenters. The fourth-order valence-electron chi connectivity index (χ4n) is 1.46. The zero-order valence-corrected chi connectivity index (χ0v) is 9.95. The summed E-state index contributed by atoms with van der Waals surface area (Å²) in [6.45, 7) is 1.92. The number of halogens is 2. The van der Waals surface area contributed by atoms with Gasteiger partial charge in [-0.2, -0.15) is 0 Å². The van der Waals surface area contributed by atoms with Gasteiger partial charge in [0, 0.05) is 18.6 Å². The van der Waals surface area contributed by atoms with Gasteiger partial charge in [0.15, 0.2) is 11.6 Å². The van der Waals surface area contributed by atoms with Crippen molar-refractivity contribution in [3.8, 4) is 0 Å². The molecule has 0 fully saturated rings. The zero-order chi connectivity index (χ0) is 12.3. The number of nitrogens with zero attached hydrogens (tertiary/aromatic N) is 2. The summed E-state index contributed by atoms with van der Waals surface area (Å²) in [5.74, 6) is -0.267. The predicted octanol–water partition coefficient (Wildman–Crippen LogP) is 3.44. The number of aromatic nitrogens is 2. The number of rotatable bonds is 3.